The summed E-state index contributed by atoms with van der Waals surface area (Å²) in [6.07, 6.45) is 2.22. The summed E-state index contributed by atoms with van der Waals surface area (Å²) < 4.78 is 1.93. The van der Waals surface area contributed by atoms with Crippen LogP contribution in [0.4, 0.5) is 0 Å². The molecule has 0 bridgehead atoms. The molecule has 0 atom stereocenters. The summed E-state index contributed by atoms with van der Waals surface area (Å²) in [5.74, 6) is -0.186. The van der Waals surface area contributed by atoms with Crippen LogP contribution in [0, 0.1) is 13.8 Å². The lowest BCUT2D eigenvalue weighted by Crippen LogP contribution is -2.26. The Hall–Kier alpha value is -2.37. The van der Waals surface area contributed by atoms with Crippen molar-refractivity contribution >= 4 is 5.91 Å². The molecule has 0 saturated heterocycles. The number of H-pyrrole nitrogens is 1. The van der Waals surface area contributed by atoms with Crippen molar-refractivity contribution in [2.45, 2.75) is 26.8 Å². The second-order valence-corrected chi connectivity index (χ2v) is 4.70. The van der Waals surface area contributed by atoms with Crippen molar-refractivity contribution in [2.24, 2.45) is 0 Å². The normalized spacial score (nSPS) is 10.5. The van der Waals surface area contributed by atoms with E-state index in [0.29, 0.717) is 12.1 Å². The molecule has 0 aliphatic carbocycles. The molecular formula is C14H18N4O2. The molecule has 0 aliphatic rings. The summed E-state index contributed by atoms with van der Waals surface area (Å²) in [5.41, 5.74) is 2.36. The van der Waals surface area contributed by atoms with Crippen molar-refractivity contribution in [2.75, 3.05) is 6.54 Å². The van der Waals surface area contributed by atoms with Gasteiger partial charge >= 0.3 is 0 Å². The number of aromatic nitrogens is 3. The molecule has 2 rings (SSSR count). The molecule has 6 nitrogen and oxygen atoms in total. The third-order valence-electron chi connectivity index (χ3n) is 2.98. The van der Waals surface area contributed by atoms with Crippen LogP contribution in [0.25, 0.3) is 0 Å². The number of nitrogens with one attached hydrogen (secondary N) is 2. The molecule has 20 heavy (non-hydrogen) atoms. The lowest BCUT2D eigenvalue weighted by Gasteiger charge is -2.06. The Bertz CT molecular complexity index is 637. The molecule has 1 amide bonds. The van der Waals surface area contributed by atoms with Crippen LogP contribution in [0.15, 0.2) is 29.2 Å². The number of aryl methyl sites for hydroxylation is 3. The van der Waals surface area contributed by atoms with Gasteiger partial charge in [0.15, 0.2) is 0 Å². The molecule has 0 fully saturated rings. The number of carbonyl (C=O) groups is 1. The zero-order valence-electron chi connectivity index (χ0n) is 11.6. The first-order chi connectivity index (χ1) is 9.56. The average Bonchev–Trinajstić information content (AvgIpc) is 2.73. The molecule has 2 heterocycles. The highest BCUT2D eigenvalue weighted by Gasteiger charge is 2.05. The fourth-order valence-corrected chi connectivity index (χ4v) is 1.99. The van der Waals surface area contributed by atoms with Crippen molar-refractivity contribution in [1.29, 1.82) is 0 Å². The minimum absolute atomic E-state index is 0.186. The predicted octanol–water partition coefficient (Wildman–Crippen LogP) is 1.01. The van der Waals surface area contributed by atoms with Crippen LogP contribution in [0.5, 0.6) is 0 Å². The summed E-state index contributed by atoms with van der Waals surface area (Å²) in [6, 6.07) is 4.87. The van der Waals surface area contributed by atoms with E-state index >= 15 is 0 Å². The number of pyridine rings is 1. The highest BCUT2D eigenvalue weighted by Crippen LogP contribution is 2.02. The Morgan fingerprint density at radius 1 is 1.40 bits per heavy atom. The molecule has 0 saturated carbocycles. The molecule has 0 unspecified atom stereocenters. The lowest BCUT2D eigenvalue weighted by atomic mass is 10.2. The Balaban J connectivity index is 1.78. The third-order valence-corrected chi connectivity index (χ3v) is 2.98. The van der Waals surface area contributed by atoms with Gasteiger partial charge in [0.05, 0.1) is 11.3 Å². The van der Waals surface area contributed by atoms with Crippen molar-refractivity contribution in [3.8, 4) is 0 Å². The molecule has 106 valence electrons. The SMILES string of the molecule is Cc1cc(C)n(CCCNC(=O)c2ccc(=O)[nH]c2)n1. The molecule has 0 radical (unpaired) electrons. The number of hydrogen-bond donors (Lipinski definition) is 2. The van der Waals surface area contributed by atoms with Gasteiger partial charge in [0, 0.05) is 31.0 Å². The van der Waals surface area contributed by atoms with Gasteiger partial charge < -0.3 is 10.3 Å². The van der Waals surface area contributed by atoms with Crippen LogP contribution in [0.2, 0.25) is 0 Å². The first-order valence-electron chi connectivity index (χ1n) is 6.54. The van der Waals surface area contributed by atoms with E-state index in [0.717, 1.165) is 24.4 Å². The van der Waals surface area contributed by atoms with Crippen molar-refractivity contribution < 1.29 is 4.79 Å². The van der Waals surface area contributed by atoms with E-state index in [4.69, 9.17) is 0 Å². The Kier molecular flexibility index (Phi) is 4.34. The van der Waals surface area contributed by atoms with Gasteiger partial charge in [-0.1, -0.05) is 0 Å². The number of rotatable bonds is 5. The standard InChI is InChI=1S/C14H18N4O2/c1-10-8-11(2)18(17-10)7-3-6-15-14(20)12-4-5-13(19)16-9-12/h4-5,8-9H,3,6-7H2,1-2H3,(H,15,20)(H,16,19). The maximum atomic E-state index is 11.8. The fourth-order valence-electron chi connectivity index (χ4n) is 1.99. The highest BCUT2D eigenvalue weighted by molar-refractivity contribution is 5.93. The monoisotopic (exact) mass is 274 g/mol. The molecule has 0 aliphatic heterocycles. The first kappa shape index (κ1) is 14.0. The van der Waals surface area contributed by atoms with Gasteiger partial charge in [-0.3, -0.25) is 14.3 Å². The number of hydrogen-bond acceptors (Lipinski definition) is 3. The lowest BCUT2D eigenvalue weighted by molar-refractivity contribution is 0.0952. The van der Waals surface area contributed by atoms with Gasteiger partial charge in [0.25, 0.3) is 5.91 Å². The van der Waals surface area contributed by atoms with Crippen LogP contribution >= 0.6 is 0 Å². The van der Waals surface area contributed by atoms with Crippen molar-refractivity contribution in [3.63, 3.8) is 0 Å². The van der Waals surface area contributed by atoms with Gasteiger partial charge in [0.1, 0.15) is 0 Å². The maximum absolute atomic E-state index is 11.8. The first-order valence-corrected chi connectivity index (χ1v) is 6.54. The summed E-state index contributed by atoms with van der Waals surface area (Å²) >= 11 is 0. The Labute approximate surface area is 116 Å². The summed E-state index contributed by atoms with van der Waals surface area (Å²) in [5, 5.41) is 7.17. The summed E-state index contributed by atoms with van der Waals surface area (Å²) in [6.45, 7) is 5.31. The second kappa shape index (κ2) is 6.18. The highest BCUT2D eigenvalue weighted by atomic mass is 16.1. The van der Waals surface area contributed by atoms with E-state index in [-0.39, 0.29) is 11.5 Å². The maximum Gasteiger partial charge on any atom is 0.252 e. The van der Waals surface area contributed by atoms with Crippen molar-refractivity contribution in [1.82, 2.24) is 20.1 Å². The molecular weight excluding hydrogens is 256 g/mol. The molecule has 0 spiro atoms. The zero-order chi connectivity index (χ0) is 14.5. The Morgan fingerprint density at radius 3 is 2.80 bits per heavy atom. The van der Waals surface area contributed by atoms with Gasteiger partial charge in [-0.2, -0.15) is 5.10 Å². The average molecular weight is 274 g/mol. The second-order valence-electron chi connectivity index (χ2n) is 4.70. The number of nitrogens with zero attached hydrogens (tertiary/aromatic N) is 2. The minimum atomic E-state index is -0.217. The minimum Gasteiger partial charge on any atom is -0.352 e. The van der Waals surface area contributed by atoms with Crippen LogP contribution in [0.3, 0.4) is 0 Å². The van der Waals surface area contributed by atoms with E-state index in [1.165, 1.54) is 18.3 Å². The Morgan fingerprint density at radius 2 is 2.20 bits per heavy atom. The zero-order valence-corrected chi connectivity index (χ0v) is 11.6. The van der Waals surface area contributed by atoms with Crippen LogP contribution in [-0.4, -0.2) is 27.2 Å². The molecule has 0 aromatic carbocycles. The van der Waals surface area contributed by atoms with E-state index < -0.39 is 0 Å². The van der Waals surface area contributed by atoms with Gasteiger partial charge in [-0.15, -0.1) is 0 Å². The predicted molar refractivity (Wildman–Crippen MR) is 75.7 cm³/mol. The van der Waals surface area contributed by atoms with E-state index in [1.54, 1.807) is 0 Å². The van der Waals surface area contributed by atoms with E-state index in [1.807, 2.05) is 24.6 Å². The van der Waals surface area contributed by atoms with Crippen LogP contribution in [-0.2, 0) is 6.54 Å². The number of aromatic amines is 1. The number of carbonyl (C=O) groups excluding carboxylic acids is 1. The van der Waals surface area contributed by atoms with E-state index in [9.17, 15) is 9.59 Å². The van der Waals surface area contributed by atoms with Gasteiger partial charge in [-0.25, -0.2) is 0 Å². The summed E-state index contributed by atoms with van der Waals surface area (Å²) in [7, 11) is 0. The number of amides is 1. The fraction of sp³-hybridized carbons (Fsp3) is 0.357. The van der Waals surface area contributed by atoms with Crippen molar-refractivity contribution in [3.05, 3.63) is 51.7 Å². The molecule has 2 N–H and O–H groups in total. The smallest absolute Gasteiger partial charge is 0.252 e. The van der Waals surface area contributed by atoms with Gasteiger partial charge in [0.2, 0.25) is 5.56 Å². The molecule has 2 aromatic rings. The molecule has 6 heteroatoms. The largest absolute Gasteiger partial charge is 0.352 e. The van der Waals surface area contributed by atoms with Crippen LogP contribution in [0.1, 0.15) is 28.2 Å². The van der Waals surface area contributed by atoms with Crippen LogP contribution < -0.4 is 10.9 Å². The van der Waals surface area contributed by atoms with Gasteiger partial charge in [-0.05, 0) is 32.4 Å². The third kappa shape index (κ3) is 3.57. The van der Waals surface area contributed by atoms with E-state index in [2.05, 4.69) is 15.4 Å². The quantitative estimate of drug-likeness (QED) is 0.798. The summed E-state index contributed by atoms with van der Waals surface area (Å²) in [4.78, 5) is 25.2. The topological polar surface area (TPSA) is 79.8 Å². The molecule has 2 aromatic heterocycles.